The number of hydrogen-bond donors (Lipinski definition) is 1. The van der Waals surface area contributed by atoms with E-state index >= 15 is 0 Å². The molecule has 1 atom stereocenters. The van der Waals surface area contributed by atoms with Gasteiger partial charge in [0.25, 0.3) is 5.91 Å². The van der Waals surface area contributed by atoms with Crippen LogP contribution in [0.15, 0.2) is 24.3 Å². The zero-order valence-electron chi connectivity index (χ0n) is 10.9. The van der Waals surface area contributed by atoms with E-state index in [0.29, 0.717) is 13.0 Å². The van der Waals surface area contributed by atoms with Crippen molar-refractivity contribution in [2.75, 3.05) is 13.2 Å². The molecule has 1 heterocycles. The summed E-state index contributed by atoms with van der Waals surface area (Å²) < 4.78 is 38.0. The molecule has 1 aromatic rings. The molecular formula is C14H16F3NO2. The minimum atomic E-state index is -4.46. The number of nitrogens with zero attached hydrogens (tertiary/aromatic N) is 1. The van der Waals surface area contributed by atoms with Crippen LogP contribution in [-0.2, 0) is 6.18 Å². The second kappa shape index (κ2) is 5.83. The molecule has 1 amide bonds. The Morgan fingerprint density at radius 2 is 2.10 bits per heavy atom. The van der Waals surface area contributed by atoms with E-state index in [2.05, 4.69) is 0 Å². The average molecular weight is 287 g/mol. The molecule has 0 saturated carbocycles. The van der Waals surface area contributed by atoms with Crippen molar-refractivity contribution in [2.24, 2.45) is 0 Å². The molecule has 1 aromatic carbocycles. The molecule has 1 unspecified atom stereocenters. The third kappa shape index (κ3) is 3.12. The number of alkyl halides is 3. The normalized spacial score (nSPS) is 20.0. The third-order valence-corrected chi connectivity index (χ3v) is 3.54. The summed E-state index contributed by atoms with van der Waals surface area (Å²) in [6.45, 7) is 0.311. The maximum atomic E-state index is 12.7. The summed E-state index contributed by atoms with van der Waals surface area (Å²) in [5, 5.41) is 9.27. The summed E-state index contributed by atoms with van der Waals surface area (Å²) >= 11 is 0. The lowest BCUT2D eigenvalue weighted by Gasteiger charge is -2.34. The average Bonchev–Trinajstić information content (AvgIpc) is 2.45. The monoisotopic (exact) mass is 287 g/mol. The molecular weight excluding hydrogens is 271 g/mol. The number of carbonyl (C=O) groups is 1. The van der Waals surface area contributed by atoms with Crippen molar-refractivity contribution in [1.29, 1.82) is 0 Å². The van der Waals surface area contributed by atoms with Gasteiger partial charge in [-0.3, -0.25) is 4.79 Å². The molecule has 0 bridgehead atoms. The van der Waals surface area contributed by atoms with Crippen molar-refractivity contribution in [1.82, 2.24) is 4.90 Å². The van der Waals surface area contributed by atoms with E-state index in [1.54, 1.807) is 0 Å². The summed E-state index contributed by atoms with van der Waals surface area (Å²) in [7, 11) is 0. The molecule has 3 nitrogen and oxygen atoms in total. The van der Waals surface area contributed by atoms with Gasteiger partial charge in [-0.2, -0.15) is 13.2 Å². The standard InChI is InChI=1S/C14H16F3NO2/c15-14(16,17)11-5-3-4-10(8-11)13(20)18-7-2-1-6-12(18)9-19/h3-5,8,12,19H,1-2,6-7,9H2. The second-order valence-corrected chi connectivity index (χ2v) is 4.91. The number of rotatable bonds is 2. The predicted molar refractivity (Wildman–Crippen MR) is 67.2 cm³/mol. The van der Waals surface area contributed by atoms with Crippen LogP contribution in [0.3, 0.4) is 0 Å². The van der Waals surface area contributed by atoms with Gasteiger partial charge in [0.1, 0.15) is 0 Å². The lowest BCUT2D eigenvalue weighted by Crippen LogP contribution is -2.45. The van der Waals surface area contributed by atoms with E-state index in [4.69, 9.17) is 0 Å². The lowest BCUT2D eigenvalue weighted by atomic mass is 10.0. The largest absolute Gasteiger partial charge is 0.416 e. The van der Waals surface area contributed by atoms with Crippen LogP contribution in [0.2, 0.25) is 0 Å². The number of carbonyl (C=O) groups excluding carboxylic acids is 1. The first kappa shape index (κ1) is 14.8. The van der Waals surface area contributed by atoms with Crippen LogP contribution in [0.1, 0.15) is 35.2 Å². The van der Waals surface area contributed by atoms with Gasteiger partial charge in [-0.05, 0) is 37.5 Å². The number of halogens is 3. The van der Waals surface area contributed by atoms with Crippen molar-refractivity contribution in [3.63, 3.8) is 0 Å². The Kier molecular flexibility index (Phi) is 4.32. The molecule has 110 valence electrons. The SMILES string of the molecule is O=C(c1cccc(C(F)(F)F)c1)N1CCCCC1CO. The van der Waals surface area contributed by atoms with Crippen LogP contribution in [0.5, 0.6) is 0 Å². The first-order valence-electron chi connectivity index (χ1n) is 6.52. The van der Waals surface area contributed by atoms with E-state index in [1.807, 2.05) is 0 Å². The highest BCUT2D eigenvalue weighted by molar-refractivity contribution is 5.94. The highest BCUT2D eigenvalue weighted by Crippen LogP contribution is 2.30. The first-order valence-corrected chi connectivity index (χ1v) is 6.52. The Balaban J connectivity index is 2.24. The predicted octanol–water partition coefficient (Wildman–Crippen LogP) is 2.69. The van der Waals surface area contributed by atoms with Crippen LogP contribution in [0.25, 0.3) is 0 Å². The molecule has 1 fully saturated rings. The number of benzene rings is 1. The van der Waals surface area contributed by atoms with E-state index < -0.39 is 17.6 Å². The molecule has 0 spiro atoms. The molecule has 1 aliphatic rings. The maximum Gasteiger partial charge on any atom is 0.416 e. The van der Waals surface area contributed by atoms with Crippen molar-refractivity contribution < 1.29 is 23.1 Å². The van der Waals surface area contributed by atoms with Gasteiger partial charge >= 0.3 is 6.18 Å². The quantitative estimate of drug-likeness (QED) is 0.908. The Hall–Kier alpha value is -1.56. The lowest BCUT2D eigenvalue weighted by molar-refractivity contribution is -0.137. The summed E-state index contributed by atoms with van der Waals surface area (Å²) in [5.41, 5.74) is -0.818. The first-order chi connectivity index (χ1) is 9.43. The number of aliphatic hydroxyl groups is 1. The van der Waals surface area contributed by atoms with E-state index in [0.717, 1.165) is 25.0 Å². The topological polar surface area (TPSA) is 40.5 Å². The second-order valence-electron chi connectivity index (χ2n) is 4.91. The Labute approximate surface area is 115 Å². The molecule has 1 saturated heterocycles. The number of hydrogen-bond acceptors (Lipinski definition) is 2. The fourth-order valence-corrected chi connectivity index (χ4v) is 2.45. The molecule has 1 N–H and O–H groups in total. The van der Waals surface area contributed by atoms with Crippen molar-refractivity contribution in [2.45, 2.75) is 31.5 Å². The summed E-state index contributed by atoms with van der Waals surface area (Å²) in [6, 6.07) is 4.11. The molecule has 6 heteroatoms. The molecule has 0 aromatic heterocycles. The van der Waals surface area contributed by atoms with Gasteiger partial charge in [0, 0.05) is 12.1 Å². The highest BCUT2D eigenvalue weighted by atomic mass is 19.4. The fourth-order valence-electron chi connectivity index (χ4n) is 2.45. The van der Waals surface area contributed by atoms with Crippen molar-refractivity contribution in [3.05, 3.63) is 35.4 Å². The minimum absolute atomic E-state index is 0.0141. The third-order valence-electron chi connectivity index (χ3n) is 3.54. The Bertz CT molecular complexity index is 488. The van der Waals surface area contributed by atoms with Crippen LogP contribution in [-0.4, -0.2) is 35.1 Å². The van der Waals surface area contributed by atoms with E-state index in [-0.39, 0.29) is 18.2 Å². The smallest absolute Gasteiger partial charge is 0.394 e. The maximum absolute atomic E-state index is 12.7. The van der Waals surface area contributed by atoms with Crippen molar-refractivity contribution in [3.8, 4) is 0 Å². The summed E-state index contributed by atoms with van der Waals surface area (Å²) in [6.07, 6.45) is -2.06. The van der Waals surface area contributed by atoms with Crippen LogP contribution < -0.4 is 0 Å². The summed E-state index contributed by atoms with van der Waals surface area (Å²) in [5.74, 6) is -0.449. The zero-order valence-corrected chi connectivity index (χ0v) is 10.9. The molecule has 1 aliphatic heterocycles. The Morgan fingerprint density at radius 1 is 1.35 bits per heavy atom. The van der Waals surface area contributed by atoms with Gasteiger partial charge in [-0.15, -0.1) is 0 Å². The zero-order chi connectivity index (χ0) is 14.8. The number of likely N-dealkylation sites (tertiary alicyclic amines) is 1. The number of piperidine rings is 1. The van der Waals surface area contributed by atoms with Gasteiger partial charge in [-0.1, -0.05) is 6.07 Å². The minimum Gasteiger partial charge on any atom is -0.394 e. The van der Waals surface area contributed by atoms with Crippen molar-refractivity contribution >= 4 is 5.91 Å². The van der Waals surface area contributed by atoms with Crippen LogP contribution in [0.4, 0.5) is 13.2 Å². The van der Waals surface area contributed by atoms with Crippen LogP contribution in [0, 0.1) is 0 Å². The molecule has 0 radical (unpaired) electrons. The van der Waals surface area contributed by atoms with Gasteiger partial charge in [0.05, 0.1) is 18.2 Å². The number of aliphatic hydroxyl groups excluding tert-OH is 1. The number of amides is 1. The van der Waals surface area contributed by atoms with Gasteiger partial charge in [0.2, 0.25) is 0 Å². The van der Waals surface area contributed by atoms with Gasteiger partial charge in [0.15, 0.2) is 0 Å². The van der Waals surface area contributed by atoms with E-state index in [1.165, 1.54) is 17.0 Å². The summed E-state index contributed by atoms with van der Waals surface area (Å²) in [4.78, 5) is 13.8. The van der Waals surface area contributed by atoms with E-state index in [9.17, 15) is 23.1 Å². The van der Waals surface area contributed by atoms with Gasteiger partial charge in [-0.25, -0.2) is 0 Å². The molecule has 0 aliphatic carbocycles. The Morgan fingerprint density at radius 3 is 2.75 bits per heavy atom. The molecule has 20 heavy (non-hydrogen) atoms. The molecule has 2 rings (SSSR count). The van der Waals surface area contributed by atoms with Gasteiger partial charge < -0.3 is 10.0 Å². The van der Waals surface area contributed by atoms with Crippen LogP contribution >= 0.6 is 0 Å². The fraction of sp³-hybridized carbons (Fsp3) is 0.500. The highest BCUT2D eigenvalue weighted by Gasteiger charge is 2.32.